The Balaban J connectivity index is 1.72. The summed E-state index contributed by atoms with van der Waals surface area (Å²) in [5.41, 5.74) is 11.8. The maximum atomic E-state index is 12.3. The number of benzene rings is 1. The number of hydrogen-bond donors (Lipinski definition) is 4. The highest BCUT2D eigenvalue weighted by atomic mass is 16.5. The molecule has 1 amide bonds. The number of carbonyl (C=O) groups is 1. The normalized spacial score (nSPS) is 10.2. The Hall–Kier alpha value is -3.82. The van der Waals surface area contributed by atoms with E-state index in [1.165, 1.54) is 13.4 Å². The fourth-order valence-corrected chi connectivity index (χ4v) is 2.16. The number of nitrogens with one attached hydrogen (secondary N) is 3. The largest absolute Gasteiger partial charge is 0.496 e. The van der Waals surface area contributed by atoms with E-state index in [4.69, 9.17) is 15.0 Å². The summed E-state index contributed by atoms with van der Waals surface area (Å²) in [6.07, 6.45) is 1.29. The van der Waals surface area contributed by atoms with E-state index in [-0.39, 0.29) is 11.5 Å². The minimum atomic E-state index is -0.401. The van der Waals surface area contributed by atoms with Gasteiger partial charge in [0.2, 0.25) is 0 Å². The lowest BCUT2D eigenvalue weighted by Crippen LogP contribution is -2.30. The zero-order valence-electron chi connectivity index (χ0n) is 14.1. The first-order valence-corrected chi connectivity index (χ1v) is 7.58. The van der Waals surface area contributed by atoms with Crippen molar-refractivity contribution in [2.75, 3.05) is 23.6 Å². The van der Waals surface area contributed by atoms with Crippen molar-refractivity contribution >= 4 is 29.0 Å². The minimum Gasteiger partial charge on any atom is -0.496 e. The summed E-state index contributed by atoms with van der Waals surface area (Å²) >= 11 is 0. The highest BCUT2D eigenvalue weighted by molar-refractivity contribution is 5.97. The summed E-state index contributed by atoms with van der Waals surface area (Å²) in [4.78, 5) is 20.4. The molecular weight excluding hydrogens is 338 g/mol. The highest BCUT2D eigenvalue weighted by Gasteiger charge is 2.14. The van der Waals surface area contributed by atoms with Gasteiger partial charge >= 0.3 is 0 Å². The molecular formula is C16H17N7O3. The van der Waals surface area contributed by atoms with E-state index in [9.17, 15) is 4.79 Å². The van der Waals surface area contributed by atoms with Crippen molar-refractivity contribution < 1.29 is 14.1 Å². The molecule has 0 atom stereocenters. The van der Waals surface area contributed by atoms with Crippen molar-refractivity contribution in [1.29, 1.82) is 0 Å². The molecule has 0 fully saturated rings. The molecule has 26 heavy (non-hydrogen) atoms. The van der Waals surface area contributed by atoms with Gasteiger partial charge in [0.15, 0.2) is 17.5 Å². The quantitative estimate of drug-likeness (QED) is 0.488. The molecule has 0 unspecified atom stereocenters. The molecule has 2 aromatic heterocycles. The van der Waals surface area contributed by atoms with Gasteiger partial charge in [0.25, 0.3) is 5.91 Å². The van der Waals surface area contributed by atoms with Crippen LogP contribution in [0.2, 0.25) is 0 Å². The van der Waals surface area contributed by atoms with Crippen LogP contribution in [0.5, 0.6) is 5.75 Å². The average Bonchev–Trinajstić information content (AvgIpc) is 3.07. The number of para-hydroxylation sites is 1. The second-order valence-electron chi connectivity index (χ2n) is 5.21. The average molecular weight is 355 g/mol. The lowest BCUT2D eigenvalue weighted by molar-refractivity contribution is 0.0959. The maximum absolute atomic E-state index is 12.3. The van der Waals surface area contributed by atoms with Gasteiger partial charge in [-0.1, -0.05) is 17.3 Å². The smallest absolute Gasteiger partial charge is 0.273 e. The molecule has 0 saturated heterocycles. The summed E-state index contributed by atoms with van der Waals surface area (Å²) in [5.74, 6) is 1.70. The Kier molecular flexibility index (Phi) is 4.83. The van der Waals surface area contributed by atoms with Gasteiger partial charge < -0.3 is 20.3 Å². The Labute approximate surface area is 148 Å². The number of carbonyl (C=O) groups excluding carboxylic acids is 1. The zero-order chi connectivity index (χ0) is 18.5. The first-order chi connectivity index (χ1) is 12.6. The molecule has 0 radical (unpaired) electrons. The number of methoxy groups -OCH3 is 1. The minimum absolute atomic E-state index is 0.202. The number of aromatic nitrogens is 3. The maximum Gasteiger partial charge on any atom is 0.273 e. The number of nitrogens with two attached hydrogens (primary N) is 1. The summed E-state index contributed by atoms with van der Waals surface area (Å²) < 4.78 is 10.1. The molecule has 134 valence electrons. The molecule has 0 spiro atoms. The first kappa shape index (κ1) is 17.0. The second kappa shape index (κ2) is 7.38. The van der Waals surface area contributed by atoms with E-state index in [1.54, 1.807) is 37.3 Å². The van der Waals surface area contributed by atoms with E-state index in [1.807, 2.05) is 0 Å². The van der Waals surface area contributed by atoms with Gasteiger partial charge in [-0.15, -0.1) is 0 Å². The van der Waals surface area contributed by atoms with Crippen LogP contribution < -0.4 is 26.6 Å². The number of hydrogen-bond acceptors (Lipinski definition) is 9. The van der Waals surface area contributed by atoms with E-state index in [2.05, 4.69) is 31.3 Å². The molecule has 0 aliphatic heterocycles. The highest BCUT2D eigenvalue weighted by Crippen LogP contribution is 2.25. The SMILES string of the molecule is COc1ccccc1C(=O)NNc1ncnc(Nc2cc(C)on2)c1N. The third-order valence-electron chi connectivity index (χ3n) is 3.40. The lowest BCUT2D eigenvalue weighted by Gasteiger charge is -2.13. The Morgan fingerprint density at radius 2 is 2.00 bits per heavy atom. The molecule has 3 rings (SSSR count). The molecule has 0 saturated carbocycles. The van der Waals surface area contributed by atoms with Crippen LogP contribution in [-0.2, 0) is 0 Å². The van der Waals surface area contributed by atoms with Crippen LogP contribution >= 0.6 is 0 Å². The summed E-state index contributed by atoms with van der Waals surface area (Å²) in [6.45, 7) is 1.77. The zero-order valence-corrected chi connectivity index (χ0v) is 14.1. The number of nitrogens with zero attached hydrogens (tertiary/aromatic N) is 3. The summed E-state index contributed by atoms with van der Waals surface area (Å²) in [5, 5.41) is 6.73. The summed E-state index contributed by atoms with van der Waals surface area (Å²) in [6, 6.07) is 8.53. The van der Waals surface area contributed by atoms with Crippen molar-refractivity contribution in [2.24, 2.45) is 0 Å². The fraction of sp³-hybridized carbons (Fsp3) is 0.125. The number of nitrogen functional groups attached to an aromatic ring is 1. The fourth-order valence-electron chi connectivity index (χ4n) is 2.16. The number of rotatable bonds is 6. The number of ether oxygens (including phenoxy) is 1. The molecule has 1 aromatic carbocycles. The van der Waals surface area contributed by atoms with Gasteiger partial charge in [0.1, 0.15) is 23.5 Å². The molecule has 2 heterocycles. The standard InChI is InChI=1S/C16H17N7O3/c1-9-7-12(23-26-9)20-14-13(17)15(19-8-18-14)21-22-16(24)10-5-3-4-6-11(10)25-2/h3-8H,17H2,1-2H3,(H,22,24)(H2,18,19,20,21,23). The predicted molar refractivity (Wildman–Crippen MR) is 95.0 cm³/mol. The van der Waals surface area contributed by atoms with E-state index in [0.29, 0.717) is 28.7 Å². The molecule has 5 N–H and O–H groups in total. The van der Waals surface area contributed by atoms with Crippen LogP contribution in [0.25, 0.3) is 0 Å². The number of anilines is 4. The van der Waals surface area contributed by atoms with Gasteiger partial charge in [-0.3, -0.25) is 15.6 Å². The first-order valence-electron chi connectivity index (χ1n) is 7.58. The van der Waals surface area contributed by atoms with Gasteiger partial charge in [-0.2, -0.15) is 0 Å². The van der Waals surface area contributed by atoms with Crippen LogP contribution in [0.1, 0.15) is 16.1 Å². The van der Waals surface area contributed by atoms with Gasteiger partial charge in [0.05, 0.1) is 12.7 Å². The molecule has 0 aliphatic rings. The van der Waals surface area contributed by atoms with E-state index < -0.39 is 5.91 Å². The topological polar surface area (TPSA) is 140 Å². The van der Waals surface area contributed by atoms with Crippen LogP contribution in [0.3, 0.4) is 0 Å². The summed E-state index contributed by atoms with van der Waals surface area (Å²) in [7, 11) is 1.49. The molecule has 0 bridgehead atoms. The van der Waals surface area contributed by atoms with Crippen molar-refractivity contribution in [2.45, 2.75) is 6.92 Å². The predicted octanol–water partition coefficient (Wildman–Crippen LogP) is 1.86. The number of aryl methyl sites for hydroxylation is 1. The lowest BCUT2D eigenvalue weighted by atomic mass is 10.2. The van der Waals surface area contributed by atoms with Gasteiger partial charge in [-0.05, 0) is 19.1 Å². The van der Waals surface area contributed by atoms with Crippen molar-refractivity contribution in [3.63, 3.8) is 0 Å². The van der Waals surface area contributed by atoms with Crippen molar-refractivity contribution in [3.8, 4) is 5.75 Å². The molecule has 0 aliphatic carbocycles. The van der Waals surface area contributed by atoms with Crippen LogP contribution in [0.15, 0.2) is 41.2 Å². The second-order valence-corrected chi connectivity index (χ2v) is 5.21. The Bertz CT molecular complexity index is 926. The Morgan fingerprint density at radius 1 is 1.23 bits per heavy atom. The number of amides is 1. The number of hydrazine groups is 1. The van der Waals surface area contributed by atoms with Crippen LogP contribution in [-0.4, -0.2) is 28.1 Å². The third kappa shape index (κ3) is 3.64. The molecule has 10 heteroatoms. The third-order valence-corrected chi connectivity index (χ3v) is 3.40. The Morgan fingerprint density at radius 3 is 2.73 bits per heavy atom. The molecule has 3 aromatic rings. The van der Waals surface area contributed by atoms with Crippen LogP contribution in [0.4, 0.5) is 23.1 Å². The van der Waals surface area contributed by atoms with E-state index >= 15 is 0 Å². The van der Waals surface area contributed by atoms with Gasteiger partial charge in [-0.25, -0.2) is 9.97 Å². The van der Waals surface area contributed by atoms with Crippen LogP contribution in [0, 0.1) is 6.92 Å². The van der Waals surface area contributed by atoms with Crippen molar-refractivity contribution in [1.82, 2.24) is 20.6 Å². The molecule has 10 nitrogen and oxygen atoms in total. The monoisotopic (exact) mass is 355 g/mol. The van der Waals surface area contributed by atoms with Crippen molar-refractivity contribution in [3.05, 3.63) is 48.0 Å². The van der Waals surface area contributed by atoms with E-state index in [0.717, 1.165) is 0 Å². The van der Waals surface area contributed by atoms with Gasteiger partial charge in [0, 0.05) is 6.07 Å².